The van der Waals surface area contributed by atoms with Gasteiger partial charge in [-0.05, 0) is 47.9 Å². The summed E-state index contributed by atoms with van der Waals surface area (Å²) in [6.45, 7) is 4.67. The van der Waals surface area contributed by atoms with Crippen LogP contribution < -0.4 is 15.0 Å². The SMILES string of the molecule is COc1ccc(N2C[C@@]34C=C[C@@H](O3)[C@@H](C(=O)Nc3ccc(C(C)C)cc3)[C@@H]4C2=O)cc1. The van der Waals surface area contributed by atoms with Crippen molar-refractivity contribution in [2.24, 2.45) is 11.8 Å². The first-order valence-corrected chi connectivity index (χ1v) is 10.7. The van der Waals surface area contributed by atoms with Crippen molar-refractivity contribution in [1.82, 2.24) is 0 Å². The first kappa shape index (κ1) is 19.8. The first-order valence-electron chi connectivity index (χ1n) is 10.7. The van der Waals surface area contributed by atoms with Crippen LogP contribution >= 0.6 is 0 Å². The normalized spacial score (nSPS) is 28.3. The van der Waals surface area contributed by atoms with Crippen molar-refractivity contribution in [3.05, 3.63) is 66.2 Å². The Bertz CT molecular complexity index is 1040. The number of amides is 2. The minimum Gasteiger partial charge on any atom is -0.497 e. The van der Waals surface area contributed by atoms with Crippen LogP contribution in [-0.2, 0) is 14.3 Å². The fraction of sp³-hybridized carbons (Fsp3) is 0.360. The molecular weight excluding hydrogens is 392 g/mol. The lowest BCUT2D eigenvalue weighted by atomic mass is 9.76. The summed E-state index contributed by atoms with van der Waals surface area (Å²) >= 11 is 0. The predicted molar refractivity (Wildman–Crippen MR) is 118 cm³/mol. The van der Waals surface area contributed by atoms with E-state index in [9.17, 15) is 9.59 Å². The quantitative estimate of drug-likeness (QED) is 0.751. The fourth-order valence-corrected chi connectivity index (χ4v) is 4.96. The van der Waals surface area contributed by atoms with Crippen LogP contribution in [0, 0.1) is 11.8 Å². The number of hydrogen-bond donors (Lipinski definition) is 1. The number of rotatable bonds is 5. The summed E-state index contributed by atoms with van der Waals surface area (Å²) in [5.41, 5.74) is 1.97. The highest BCUT2D eigenvalue weighted by atomic mass is 16.5. The van der Waals surface area contributed by atoms with Gasteiger partial charge in [-0.1, -0.05) is 38.1 Å². The Morgan fingerprint density at radius 2 is 1.87 bits per heavy atom. The molecule has 3 heterocycles. The minimum atomic E-state index is -0.745. The molecule has 2 amide bonds. The molecule has 1 N–H and O–H groups in total. The number of nitrogens with one attached hydrogen (secondary N) is 1. The Kier molecular flexibility index (Phi) is 4.63. The number of fused-ring (bicyclic) bond motifs is 1. The van der Waals surface area contributed by atoms with Gasteiger partial charge in [-0.15, -0.1) is 0 Å². The molecule has 0 radical (unpaired) electrons. The van der Waals surface area contributed by atoms with Gasteiger partial charge in [-0.25, -0.2) is 0 Å². The third-order valence-corrected chi connectivity index (χ3v) is 6.63. The van der Waals surface area contributed by atoms with Gasteiger partial charge in [0.2, 0.25) is 11.8 Å². The van der Waals surface area contributed by atoms with E-state index in [4.69, 9.17) is 9.47 Å². The van der Waals surface area contributed by atoms with Gasteiger partial charge in [0.05, 0.1) is 31.6 Å². The molecule has 6 heteroatoms. The van der Waals surface area contributed by atoms with E-state index < -0.39 is 17.4 Å². The summed E-state index contributed by atoms with van der Waals surface area (Å²) in [5, 5.41) is 2.99. The molecule has 6 nitrogen and oxygen atoms in total. The highest BCUT2D eigenvalue weighted by molar-refractivity contribution is 6.05. The van der Waals surface area contributed by atoms with Crippen LogP contribution in [-0.4, -0.2) is 37.2 Å². The smallest absolute Gasteiger partial charge is 0.234 e. The highest BCUT2D eigenvalue weighted by Crippen LogP contribution is 2.52. The Hall–Kier alpha value is -3.12. The number of benzene rings is 2. The van der Waals surface area contributed by atoms with Crippen LogP contribution in [0.15, 0.2) is 60.7 Å². The second kappa shape index (κ2) is 7.24. The zero-order chi connectivity index (χ0) is 21.8. The molecule has 2 aromatic rings. The van der Waals surface area contributed by atoms with E-state index in [0.717, 1.165) is 17.1 Å². The fourth-order valence-electron chi connectivity index (χ4n) is 4.96. The summed E-state index contributed by atoms with van der Waals surface area (Å²) in [6.07, 6.45) is 3.51. The Morgan fingerprint density at radius 1 is 1.16 bits per heavy atom. The molecule has 2 aromatic carbocycles. The Morgan fingerprint density at radius 3 is 2.52 bits per heavy atom. The third-order valence-electron chi connectivity index (χ3n) is 6.63. The number of hydrogen-bond acceptors (Lipinski definition) is 4. The summed E-state index contributed by atoms with van der Waals surface area (Å²) in [6, 6.07) is 15.2. The van der Waals surface area contributed by atoms with E-state index >= 15 is 0 Å². The lowest BCUT2D eigenvalue weighted by Crippen LogP contribution is -2.41. The summed E-state index contributed by atoms with van der Waals surface area (Å²) < 4.78 is 11.4. The summed E-state index contributed by atoms with van der Waals surface area (Å²) in [7, 11) is 1.61. The number of anilines is 2. The van der Waals surface area contributed by atoms with Gasteiger partial charge in [0.15, 0.2) is 0 Å². The molecule has 0 unspecified atom stereocenters. The molecule has 2 fully saturated rings. The van der Waals surface area contributed by atoms with Gasteiger partial charge in [-0.3, -0.25) is 9.59 Å². The van der Waals surface area contributed by atoms with Crippen molar-refractivity contribution in [1.29, 1.82) is 0 Å². The van der Waals surface area contributed by atoms with Crippen molar-refractivity contribution in [2.45, 2.75) is 31.5 Å². The Labute approximate surface area is 181 Å². The standard InChI is InChI=1S/C25H26N2O4/c1-15(2)16-4-6-17(7-5-16)26-23(28)21-20-12-13-25(31-20)14-27(24(29)22(21)25)18-8-10-19(30-3)11-9-18/h4-13,15,20-22H,14H2,1-3H3,(H,26,28)/t20-,21-,22-,25-/m1/s1. The lowest BCUT2D eigenvalue weighted by molar-refractivity contribution is -0.128. The van der Waals surface area contributed by atoms with Gasteiger partial charge < -0.3 is 19.7 Å². The molecular formula is C25H26N2O4. The lowest BCUT2D eigenvalue weighted by Gasteiger charge is -2.23. The summed E-state index contributed by atoms with van der Waals surface area (Å²) in [5.74, 6) is -0.179. The van der Waals surface area contributed by atoms with E-state index in [0.29, 0.717) is 12.5 Å². The topological polar surface area (TPSA) is 67.9 Å². The van der Waals surface area contributed by atoms with Crippen LogP contribution in [0.3, 0.4) is 0 Å². The average molecular weight is 418 g/mol. The van der Waals surface area contributed by atoms with E-state index in [2.05, 4.69) is 19.2 Å². The molecule has 0 aliphatic carbocycles. The molecule has 0 saturated carbocycles. The van der Waals surface area contributed by atoms with Crippen LogP contribution in [0.5, 0.6) is 5.75 Å². The average Bonchev–Trinajstić information content (AvgIpc) is 3.42. The number of carbonyl (C=O) groups is 2. The van der Waals surface area contributed by atoms with E-state index in [1.54, 1.807) is 12.0 Å². The van der Waals surface area contributed by atoms with Gasteiger partial charge >= 0.3 is 0 Å². The van der Waals surface area contributed by atoms with Crippen molar-refractivity contribution in [2.75, 3.05) is 23.9 Å². The molecule has 3 aliphatic rings. The minimum absolute atomic E-state index is 0.0766. The maximum absolute atomic E-state index is 13.4. The van der Waals surface area contributed by atoms with Crippen LogP contribution in [0.2, 0.25) is 0 Å². The van der Waals surface area contributed by atoms with E-state index in [-0.39, 0.29) is 17.9 Å². The molecule has 1 spiro atoms. The molecule has 2 saturated heterocycles. The molecule has 0 aromatic heterocycles. The predicted octanol–water partition coefficient (Wildman–Crippen LogP) is 3.74. The maximum atomic E-state index is 13.4. The first-order chi connectivity index (χ1) is 14.9. The second-order valence-electron chi connectivity index (χ2n) is 8.79. The molecule has 5 rings (SSSR count). The van der Waals surface area contributed by atoms with Crippen molar-refractivity contribution in [3.63, 3.8) is 0 Å². The highest BCUT2D eigenvalue weighted by Gasteiger charge is 2.67. The Balaban J connectivity index is 1.38. The number of methoxy groups -OCH3 is 1. The van der Waals surface area contributed by atoms with Crippen LogP contribution in [0.25, 0.3) is 0 Å². The number of ether oxygens (including phenoxy) is 2. The number of nitrogens with zero attached hydrogens (tertiary/aromatic N) is 1. The third kappa shape index (κ3) is 3.13. The van der Waals surface area contributed by atoms with Gasteiger partial charge in [0.1, 0.15) is 11.4 Å². The van der Waals surface area contributed by atoms with Gasteiger partial charge in [0, 0.05) is 11.4 Å². The van der Waals surface area contributed by atoms with E-state index in [1.165, 1.54) is 5.56 Å². The van der Waals surface area contributed by atoms with Crippen LogP contribution in [0.1, 0.15) is 25.3 Å². The van der Waals surface area contributed by atoms with Crippen molar-refractivity contribution < 1.29 is 19.1 Å². The largest absolute Gasteiger partial charge is 0.497 e. The van der Waals surface area contributed by atoms with Crippen LogP contribution in [0.4, 0.5) is 11.4 Å². The van der Waals surface area contributed by atoms with Gasteiger partial charge in [-0.2, -0.15) is 0 Å². The zero-order valence-electron chi connectivity index (χ0n) is 17.9. The van der Waals surface area contributed by atoms with E-state index in [1.807, 2.05) is 60.7 Å². The van der Waals surface area contributed by atoms with Gasteiger partial charge in [0.25, 0.3) is 0 Å². The second-order valence-corrected chi connectivity index (χ2v) is 8.79. The monoisotopic (exact) mass is 418 g/mol. The molecule has 4 atom stereocenters. The maximum Gasteiger partial charge on any atom is 0.234 e. The van der Waals surface area contributed by atoms with Crippen molar-refractivity contribution in [3.8, 4) is 5.75 Å². The molecule has 160 valence electrons. The molecule has 2 bridgehead atoms. The van der Waals surface area contributed by atoms with Crippen molar-refractivity contribution >= 4 is 23.2 Å². The molecule has 3 aliphatic heterocycles. The number of carbonyl (C=O) groups excluding carboxylic acids is 2. The molecule has 31 heavy (non-hydrogen) atoms. The zero-order valence-corrected chi connectivity index (χ0v) is 17.9. The summed E-state index contributed by atoms with van der Waals surface area (Å²) in [4.78, 5) is 28.4.